The largest absolute Gasteiger partial charge is 0.330 e. The molecular formula is C9H21N. The van der Waals surface area contributed by atoms with Crippen molar-refractivity contribution in [1.82, 2.24) is 0 Å². The van der Waals surface area contributed by atoms with Crippen LogP contribution in [0.1, 0.15) is 46.5 Å². The Morgan fingerprint density at radius 3 is 1.90 bits per heavy atom. The van der Waals surface area contributed by atoms with Crippen LogP contribution in [-0.2, 0) is 0 Å². The number of rotatable bonds is 2. The first-order valence-corrected chi connectivity index (χ1v) is 4.47. The van der Waals surface area contributed by atoms with Gasteiger partial charge >= 0.3 is 0 Å². The third-order valence-corrected chi connectivity index (χ3v) is 2.31. The third kappa shape index (κ3) is 2.70. The van der Waals surface area contributed by atoms with Crippen molar-refractivity contribution in [2.45, 2.75) is 46.5 Å². The molecule has 1 nitrogen and oxygen atoms in total. The van der Waals surface area contributed by atoms with E-state index in [4.69, 9.17) is 5.73 Å². The van der Waals surface area contributed by atoms with Gasteiger partial charge in [-0.05, 0) is 31.2 Å². The maximum atomic E-state index is 5.42. The van der Waals surface area contributed by atoms with E-state index in [1.807, 2.05) is 13.8 Å². The Balaban J connectivity index is 0.000000371. The van der Waals surface area contributed by atoms with E-state index in [1.165, 1.54) is 25.7 Å². The van der Waals surface area contributed by atoms with E-state index in [-0.39, 0.29) is 0 Å². The van der Waals surface area contributed by atoms with Crippen molar-refractivity contribution >= 4 is 0 Å². The Bertz CT molecular complexity index is 74.8. The molecule has 0 atom stereocenters. The van der Waals surface area contributed by atoms with E-state index >= 15 is 0 Å². The summed E-state index contributed by atoms with van der Waals surface area (Å²) in [6, 6.07) is 0. The molecule has 0 amide bonds. The molecule has 2 N–H and O–H groups in total. The molecule has 0 bridgehead atoms. The van der Waals surface area contributed by atoms with Crippen LogP contribution in [0.5, 0.6) is 0 Å². The fourth-order valence-corrected chi connectivity index (χ4v) is 1.38. The van der Waals surface area contributed by atoms with E-state index in [2.05, 4.69) is 6.92 Å². The Labute approximate surface area is 65.0 Å². The average Bonchev–Trinajstić information content (AvgIpc) is 1.90. The molecule has 10 heavy (non-hydrogen) atoms. The molecule has 62 valence electrons. The Kier molecular flexibility index (Phi) is 4.71. The molecule has 1 aliphatic rings. The van der Waals surface area contributed by atoms with Gasteiger partial charge in [-0.2, -0.15) is 0 Å². The monoisotopic (exact) mass is 143 g/mol. The molecule has 0 aliphatic heterocycles. The predicted octanol–water partition coefficient (Wildman–Crippen LogP) is 2.55. The van der Waals surface area contributed by atoms with Crippen molar-refractivity contribution in [3.8, 4) is 0 Å². The van der Waals surface area contributed by atoms with Crippen molar-refractivity contribution in [1.29, 1.82) is 0 Å². The zero-order valence-corrected chi connectivity index (χ0v) is 7.61. The normalized spacial score (nSPS) is 20.4. The zero-order chi connectivity index (χ0) is 8.04. The minimum Gasteiger partial charge on any atom is -0.330 e. The molecule has 1 heteroatoms. The van der Waals surface area contributed by atoms with Crippen LogP contribution < -0.4 is 5.73 Å². The van der Waals surface area contributed by atoms with Gasteiger partial charge in [0, 0.05) is 0 Å². The van der Waals surface area contributed by atoms with Crippen molar-refractivity contribution in [2.75, 3.05) is 6.54 Å². The van der Waals surface area contributed by atoms with E-state index in [1.54, 1.807) is 0 Å². The van der Waals surface area contributed by atoms with Crippen LogP contribution >= 0.6 is 0 Å². The molecule has 0 aromatic heterocycles. The fourth-order valence-electron chi connectivity index (χ4n) is 1.38. The summed E-state index contributed by atoms with van der Waals surface area (Å²) in [6.07, 6.45) is 5.47. The molecular weight excluding hydrogens is 122 g/mol. The summed E-state index contributed by atoms with van der Waals surface area (Å²) in [4.78, 5) is 0. The molecule has 1 saturated carbocycles. The average molecular weight is 143 g/mol. The zero-order valence-electron chi connectivity index (χ0n) is 7.61. The Morgan fingerprint density at radius 1 is 1.30 bits per heavy atom. The SMILES string of the molecule is CC.CC1(CCN)CCC1. The first kappa shape index (κ1) is 9.96. The van der Waals surface area contributed by atoms with E-state index in [0.29, 0.717) is 5.41 Å². The lowest BCUT2D eigenvalue weighted by Crippen LogP contribution is -2.28. The first-order valence-electron chi connectivity index (χ1n) is 4.47. The number of hydrogen-bond acceptors (Lipinski definition) is 1. The highest BCUT2D eigenvalue weighted by Gasteiger charge is 2.30. The maximum Gasteiger partial charge on any atom is -0.00721 e. The van der Waals surface area contributed by atoms with Gasteiger partial charge < -0.3 is 5.73 Å². The molecule has 1 fully saturated rings. The minimum absolute atomic E-state index is 0.648. The molecule has 1 rings (SSSR count). The van der Waals surface area contributed by atoms with Gasteiger partial charge in [0.05, 0.1) is 0 Å². The standard InChI is InChI=1S/C7H15N.C2H6/c1-7(5-6-8)3-2-4-7;1-2/h2-6,8H2,1H3;1-2H3. The number of hydrogen-bond donors (Lipinski definition) is 1. The second-order valence-corrected chi connectivity index (χ2v) is 3.20. The molecule has 0 heterocycles. The smallest absolute Gasteiger partial charge is 0.00721 e. The quantitative estimate of drug-likeness (QED) is 0.631. The van der Waals surface area contributed by atoms with Gasteiger partial charge in [0.25, 0.3) is 0 Å². The van der Waals surface area contributed by atoms with Gasteiger partial charge in [-0.25, -0.2) is 0 Å². The van der Waals surface area contributed by atoms with Gasteiger partial charge in [-0.3, -0.25) is 0 Å². The van der Waals surface area contributed by atoms with Crippen molar-refractivity contribution in [3.63, 3.8) is 0 Å². The van der Waals surface area contributed by atoms with Crippen LogP contribution in [0.3, 0.4) is 0 Å². The lowest BCUT2D eigenvalue weighted by Gasteiger charge is -2.38. The molecule has 0 unspecified atom stereocenters. The molecule has 0 aromatic carbocycles. The summed E-state index contributed by atoms with van der Waals surface area (Å²) >= 11 is 0. The first-order chi connectivity index (χ1) is 4.77. The maximum absolute atomic E-state index is 5.42. The predicted molar refractivity (Wildman–Crippen MR) is 47.0 cm³/mol. The van der Waals surface area contributed by atoms with Crippen LogP contribution in [0, 0.1) is 5.41 Å². The van der Waals surface area contributed by atoms with E-state index < -0.39 is 0 Å². The number of nitrogens with two attached hydrogens (primary N) is 1. The molecule has 0 spiro atoms. The van der Waals surface area contributed by atoms with Crippen molar-refractivity contribution in [2.24, 2.45) is 11.1 Å². The van der Waals surface area contributed by atoms with Crippen LogP contribution in [0.4, 0.5) is 0 Å². The van der Waals surface area contributed by atoms with Crippen molar-refractivity contribution in [3.05, 3.63) is 0 Å². The van der Waals surface area contributed by atoms with E-state index in [9.17, 15) is 0 Å². The highest BCUT2D eigenvalue weighted by atomic mass is 14.5. The van der Waals surface area contributed by atoms with Crippen molar-refractivity contribution < 1.29 is 0 Å². The molecule has 0 aromatic rings. The lowest BCUT2D eigenvalue weighted by atomic mass is 9.68. The second-order valence-electron chi connectivity index (χ2n) is 3.20. The molecule has 0 radical (unpaired) electrons. The Hall–Kier alpha value is -0.0400. The van der Waals surface area contributed by atoms with Crippen LogP contribution in [0.2, 0.25) is 0 Å². The third-order valence-electron chi connectivity index (χ3n) is 2.31. The van der Waals surface area contributed by atoms with Crippen LogP contribution in [0.15, 0.2) is 0 Å². The summed E-state index contributed by atoms with van der Waals surface area (Å²) < 4.78 is 0. The fraction of sp³-hybridized carbons (Fsp3) is 1.00. The molecule has 0 saturated heterocycles. The van der Waals surface area contributed by atoms with E-state index in [0.717, 1.165) is 6.54 Å². The summed E-state index contributed by atoms with van der Waals surface area (Å²) in [5.74, 6) is 0. The minimum atomic E-state index is 0.648. The summed E-state index contributed by atoms with van der Waals surface area (Å²) in [6.45, 7) is 7.21. The molecule has 1 aliphatic carbocycles. The van der Waals surface area contributed by atoms with Gasteiger partial charge in [0.1, 0.15) is 0 Å². The van der Waals surface area contributed by atoms with Crippen LogP contribution in [0.25, 0.3) is 0 Å². The van der Waals surface area contributed by atoms with Gasteiger partial charge in [-0.1, -0.05) is 27.2 Å². The van der Waals surface area contributed by atoms with Gasteiger partial charge in [0.15, 0.2) is 0 Å². The van der Waals surface area contributed by atoms with Gasteiger partial charge in [0.2, 0.25) is 0 Å². The Morgan fingerprint density at radius 2 is 1.80 bits per heavy atom. The summed E-state index contributed by atoms with van der Waals surface area (Å²) in [5.41, 5.74) is 6.07. The topological polar surface area (TPSA) is 26.0 Å². The summed E-state index contributed by atoms with van der Waals surface area (Å²) in [5, 5.41) is 0. The second kappa shape index (κ2) is 4.73. The van der Waals surface area contributed by atoms with Gasteiger partial charge in [-0.15, -0.1) is 0 Å². The van der Waals surface area contributed by atoms with Crippen LogP contribution in [-0.4, -0.2) is 6.54 Å². The summed E-state index contributed by atoms with van der Waals surface area (Å²) in [7, 11) is 0. The lowest BCUT2D eigenvalue weighted by molar-refractivity contribution is 0.150. The highest BCUT2D eigenvalue weighted by molar-refractivity contribution is 4.82. The highest BCUT2D eigenvalue weighted by Crippen LogP contribution is 2.42.